The van der Waals surface area contributed by atoms with Crippen LogP contribution in [0.5, 0.6) is 0 Å². The predicted molar refractivity (Wildman–Crippen MR) is 31.9 cm³/mol. The summed E-state index contributed by atoms with van der Waals surface area (Å²) in [4.78, 5) is 0. The molecule has 0 amide bonds. The summed E-state index contributed by atoms with van der Waals surface area (Å²) >= 11 is 0. The first-order chi connectivity index (χ1) is 5.37. The molecule has 0 heterocycles. The quantitative estimate of drug-likeness (QED) is 0.659. The maximum absolute atomic E-state index is 11.8. The molecular weight excluding hydrogens is 202 g/mol. The standard InChI is InChI=1S/C6H8F6O/c1-4(2,13)3(5(7,8)9)6(10,11)12/h3,13H,1-2H3. The highest BCUT2D eigenvalue weighted by atomic mass is 19.4. The number of alkyl halides is 6. The van der Waals surface area contributed by atoms with Gasteiger partial charge in [0.2, 0.25) is 0 Å². The van der Waals surface area contributed by atoms with Gasteiger partial charge in [0.15, 0.2) is 5.92 Å². The molecule has 1 N–H and O–H groups in total. The summed E-state index contributed by atoms with van der Waals surface area (Å²) < 4.78 is 71.0. The van der Waals surface area contributed by atoms with Crippen molar-refractivity contribution < 1.29 is 31.4 Å². The maximum Gasteiger partial charge on any atom is 0.403 e. The van der Waals surface area contributed by atoms with Crippen molar-refractivity contribution in [1.82, 2.24) is 0 Å². The van der Waals surface area contributed by atoms with Crippen LogP contribution >= 0.6 is 0 Å². The molecule has 13 heavy (non-hydrogen) atoms. The summed E-state index contributed by atoms with van der Waals surface area (Å²) in [5.41, 5.74) is -2.86. The van der Waals surface area contributed by atoms with E-state index >= 15 is 0 Å². The summed E-state index contributed by atoms with van der Waals surface area (Å²) in [7, 11) is 0. The molecule has 0 saturated carbocycles. The van der Waals surface area contributed by atoms with Crippen LogP contribution in [0.25, 0.3) is 0 Å². The Bertz CT molecular complexity index is 140. The van der Waals surface area contributed by atoms with Gasteiger partial charge in [-0.15, -0.1) is 0 Å². The van der Waals surface area contributed by atoms with Gasteiger partial charge in [-0.2, -0.15) is 26.3 Å². The van der Waals surface area contributed by atoms with Crippen molar-refractivity contribution in [2.24, 2.45) is 5.92 Å². The largest absolute Gasteiger partial charge is 0.403 e. The van der Waals surface area contributed by atoms with E-state index in [4.69, 9.17) is 5.11 Å². The minimum atomic E-state index is -5.49. The first-order valence-electron chi connectivity index (χ1n) is 3.22. The van der Waals surface area contributed by atoms with E-state index in [1.165, 1.54) is 0 Å². The van der Waals surface area contributed by atoms with Crippen molar-refractivity contribution in [3.05, 3.63) is 0 Å². The number of aliphatic hydroxyl groups is 1. The average molecular weight is 210 g/mol. The molecule has 0 aliphatic carbocycles. The van der Waals surface area contributed by atoms with Gasteiger partial charge in [-0.1, -0.05) is 0 Å². The second-order valence-electron chi connectivity index (χ2n) is 3.17. The molecule has 0 atom stereocenters. The maximum atomic E-state index is 11.8. The third-order valence-corrected chi connectivity index (χ3v) is 1.36. The first-order valence-corrected chi connectivity index (χ1v) is 3.22. The van der Waals surface area contributed by atoms with E-state index in [9.17, 15) is 26.3 Å². The Morgan fingerprint density at radius 1 is 0.846 bits per heavy atom. The fourth-order valence-corrected chi connectivity index (χ4v) is 0.987. The van der Waals surface area contributed by atoms with Crippen LogP contribution < -0.4 is 0 Å². The summed E-state index contributed by atoms with van der Waals surface area (Å²) in [5, 5.41) is 8.71. The van der Waals surface area contributed by atoms with Crippen LogP contribution in [0.1, 0.15) is 13.8 Å². The van der Waals surface area contributed by atoms with Crippen molar-refractivity contribution in [1.29, 1.82) is 0 Å². The lowest BCUT2D eigenvalue weighted by Crippen LogP contribution is -2.50. The number of hydrogen-bond acceptors (Lipinski definition) is 1. The van der Waals surface area contributed by atoms with Crippen molar-refractivity contribution in [3.8, 4) is 0 Å². The molecule has 0 aromatic heterocycles. The molecule has 0 bridgehead atoms. The summed E-state index contributed by atoms with van der Waals surface area (Å²) in [6.45, 7) is 0.942. The van der Waals surface area contributed by atoms with E-state index in [1.807, 2.05) is 0 Å². The van der Waals surface area contributed by atoms with E-state index in [-0.39, 0.29) is 0 Å². The highest BCUT2D eigenvalue weighted by Gasteiger charge is 2.63. The Balaban J connectivity index is 5.02. The second kappa shape index (κ2) is 3.04. The monoisotopic (exact) mass is 210 g/mol. The first kappa shape index (κ1) is 12.5. The molecule has 1 nitrogen and oxygen atoms in total. The third-order valence-electron chi connectivity index (χ3n) is 1.36. The number of hydrogen-bond donors (Lipinski definition) is 1. The van der Waals surface area contributed by atoms with Crippen molar-refractivity contribution in [2.45, 2.75) is 31.8 Å². The minimum Gasteiger partial charge on any atom is -0.389 e. The zero-order valence-corrected chi connectivity index (χ0v) is 6.79. The Hall–Kier alpha value is -0.460. The van der Waals surface area contributed by atoms with E-state index < -0.39 is 23.9 Å². The van der Waals surface area contributed by atoms with Gasteiger partial charge in [0.25, 0.3) is 0 Å². The zero-order chi connectivity index (χ0) is 11.1. The molecule has 0 radical (unpaired) electrons. The molecule has 80 valence electrons. The molecular formula is C6H8F6O. The van der Waals surface area contributed by atoms with Gasteiger partial charge in [0.05, 0.1) is 5.60 Å². The lowest BCUT2D eigenvalue weighted by molar-refractivity contribution is -0.321. The van der Waals surface area contributed by atoms with Crippen LogP contribution in [0.4, 0.5) is 26.3 Å². The molecule has 0 spiro atoms. The van der Waals surface area contributed by atoms with E-state index in [0.29, 0.717) is 13.8 Å². The fourth-order valence-electron chi connectivity index (χ4n) is 0.987. The van der Waals surface area contributed by atoms with Gasteiger partial charge in [0, 0.05) is 0 Å². The Morgan fingerprint density at radius 3 is 1.08 bits per heavy atom. The van der Waals surface area contributed by atoms with Crippen LogP contribution in [0.3, 0.4) is 0 Å². The van der Waals surface area contributed by atoms with Crippen LogP contribution in [0.15, 0.2) is 0 Å². The minimum absolute atomic E-state index is 0.471. The Labute approximate surface area is 70.4 Å². The lowest BCUT2D eigenvalue weighted by Gasteiger charge is -2.32. The van der Waals surface area contributed by atoms with Crippen molar-refractivity contribution >= 4 is 0 Å². The smallest absolute Gasteiger partial charge is 0.389 e. The average Bonchev–Trinajstić information content (AvgIpc) is 1.44. The van der Waals surface area contributed by atoms with Crippen LogP contribution in [0.2, 0.25) is 0 Å². The predicted octanol–water partition coefficient (Wildman–Crippen LogP) is 2.50. The normalized spacial score (nSPS) is 15.2. The molecule has 0 aromatic carbocycles. The SMILES string of the molecule is CC(C)(O)C(C(F)(F)F)C(F)(F)F. The molecule has 0 aliphatic heterocycles. The van der Waals surface area contributed by atoms with Crippen molar-refractivity contribution in [3.63, 3.8) is 0 Å². The summed E-state index contributed by atoms with van der Waals surface area (Å²) in [5.74, 6) is -3.72. The highest BCUT2D eigenvalue weighted by molar-refractivity contribution is 4.88. The van der Waals surface area contributed by atoms with Gasteiger partial charge in [-0.25, -0.2) is 0 Å². The molecule has 7 heteroatoms. The highest BCUT2D eigenvalue weighted by Crippen LogP contribution is 2.45. The van der Waals surface area contributed by atoms with Crippen LogP contribution in [-0.2, 0) is 0 Å². The van der Waals surface area contributed by atoms with Gasteiger partial charge in [0.1, 0.15) is 0 Å². The molecule has 0 aromatic rings. The lowest BCUT2D eigenvalue weighted by atomic mass is 9.90. The molecule has 0 saturated heterocycles. The molecule has 0 rings (SSSR count). The van der Waals surface area contributed by atoms with Gasteiger partial charge in [-0.3, -0.25) is 0 Å². The van der Waals surface area contributed by atoms with Gasteiger partial charge >= 0.3 is 12.4 Å². The van der Waals surface area contributed by atoms with Crippen molar-refractivity contribution in [2.75, 3.05) is 0 Å². The summed E-state index contributed by atoms with van der Waals surface area (Å²) in [6, 6.07) is 0. The van der Waals surface area contributed by atoms with Crippen LogP contribution in [-0.4, -0.2) is 23.1 Å². The zero-order valence-electron chi connectivity index (χ0n) is 6.79. The van der Waals surface area contributed by atoms with E-state index in [1.54, 1.807) is 0 Å². The Kier molecular flexibility index (Phi) is 2.93. The summed E-state index contributed by atoms with van der Waals surface area (Å²) in [6.07, 6.45) is -11.0. The number of halogens is 6. The second-order valence-corrected chi connectivity index (χ2v) is 3.17. The van der Waals surface area contributed by atoms with Crippen LogP contribution in [0, 0.1) is 5.92 Å². The third kappa shape index (κ3) is 3.41. The molecule has 0 fully saturated rings. The van der Waals surface area contributed by atoms with E-state index in [0.717, 1.165) is 0 Å². The Morgan fingerprint density at radius 2 is 1.08 bits per heavy atom. The number of rotatable bonds is 1. The van der Waals surface area contributed by atoms with E-state index in [2.05, 4.69) is 0 Å². The van der Waals surface area contributed by atoms with Gasteiger partial charge < -0.3 is 5.11 Å². The van der Waals surface area contributed by atoms with Gasteiger partial charge in [-0.05, 0) is 13.8 Å². The molecule has 0 aliphatic rings. The fraction of sp³-hybridized carbons (Fsp3) is 1.00. The topological polar surface area (TPSA) is 20.2 Å². The molecule has 0 unspecified atom stereocenters.